The summed E-state index contributed by atoms with van der Waals surface area (Å²) < 4.78 is 9.14. The van der Waals surface area contributed by atoms with E-state index >= 15 is 0 Å². The number of aryl methyl sites for hydroxylation is 1. The van der Waals surface area contributed by atoms with Gasteiger partial charge in [-0.2, -0.15) is 10.2 Å². The first-order valence-corrected chi connectivity index (χ1v) is 7.88. The zero-order valence-corrected chi connectivity index (χ0v) is 14.2. The molecular weight excluding hydrogens is 304 g/mol. The lowest BCUT2D eigenvalue weighted by Crippen LogP contribution is -2.20. The quantitative estimate of drug-likeness (QED) is 0.718. The Kier molecular flexibility index (Phi) is 4.90. The number of aromatic nitrogens is 5. The van der Waals surface area contributed by atoms with Crippen LogP contribution in [0.1, 0.15) is 29.9 Å². The first-order chi connectivity index (χ1) is 11.7. The molecule has 126 valence electrons. The van der Waals surface area contributed by atoms with Gasteiger partial charge in [-0.1, -0.05) is 6.07 Å². The third-order valence-corrected chi connectivity index (χ3v) is 4.07. The van der Waals surface area contributed by atoms with Crippen LogP contribution in [0.5, 0.6) is 5.75 Å². The van der Waals surface area contributed by atoms with Gasteiger partial charge in [0.05, 0.1) is 20.2 Å². The van der Waals surface area contributed by atoms with Crippen molar-refractivity contribution in [2.45, 2.75) is 26.1 Å². The predicted molar refractivity (Wildman–Crippen MR) is 90.6 cm³/mol. The molecule has 1 atom stereocenters. The Morgan fingerprint density at radius 1 is 1.29 bits per heavy atom. The van der Waals surface area contributed by atoms with E-state index in [0.29, 0.717) is 13.1 Å². The van der Waals surface area contributed by atoms with Crippen molar-refractivity contribution in [3.63, 3.8) is 0 Å². The molecule has 0 aliphatic rings. The smallest absolute Gasteiger partial charge is 0.140 e. The molecule has 3 aromatic rings. The van der Waals surface area contributed by atoms with Crippen LogP contribution in [0.25, 0.3) is 0 Å². The highest BCUT2D eigenvalue weighted by Crippen LogP contribution is 2.24. The number of hydrogen-bond acceptors (Lipinski definition) is 5. The molecule has 0 saturated heterocycles. The standard InChI is InChI=1S/C17H22N6O/c1-13(18-10-17-19-12-21-22(17)2)14-5-6-16(24-3)15(9-14)11-23-8-4-7-20-23/h4-9,12-13,18H,10-11H2,1-3H3. The fourth-order valence-corrected chi connectivity index (χ4v) is 2.60. The minimum Gasteiger partial charge on any atom is -0.496 e. The summed E-state index contributed by atoms with van der Waals surface area (Å²) in [7, 11) is 3.58. The number of nitrogens with one attached hydrogen (secondary N) is 1. The van der Waals surface area contributed by atoms with Crippen LogP contribution in [0.3, 0.4) is 0 Å². The molecule has 1 aromatic carbocycles. The van der Waals surface area contributed by atoms with Gasteiger partial charge in [-0.05, 0) is 30.7 Å². The normalized spacial score (nSPS) is 12.3. The van der Waals surface area contributed by atoms with Crippen molar-refractivity contribution in [2.75, 3.05) is 7.11 Å². The number of nitrogens with zero attached hydrogens (tertiary/aromatic N) is 5. The number of ether oxygens (including phenoxy) is 1. The molecule has 2 heterocycles. The van der Waals surface area contributed by atoms with Crippen LogP contribution in [-0.4, -0.2) is 31.7 Å². The highest BCUT2D eigenvalue weighted by atomic mass is 16.5. The molecule has 0 spiro atoms. The summed E-state index contributed by atoms with van der Waals surface area (Å²) in [6, 6.07) is 8.36. The van der Waals surface area contributed by atoms with Gasteiger partial charge >= 0.3 is 0 Å². The summed E-state index contributed by atoms with van der Waals surface area (Å²) in [5, 5.41) is 11.8. The zero-order valence-electron chi connectivity index (χ0n) is 14.2. The van der Waals surface area contributed by atoms with E-state index in [2.05, 4.69) is 39.6 Å². The monoisotopic (exact) mass is 326 g/mol. The Hall–Kier alpha value is -2.67. The van der Waals surface area contributed by atoms with Gasteiger partial charge in [0.15, 0.2) is 0 Å². The Morgan fingerprint density at radius 3 is 2.83 bits per heavy atom. The van der Waals surface area contributed by atoms with Gasteiger partial charge in [-0.15, -0.1) is 0 Å². The average molecular weight is 326 g/mol. The summed E-state index contributed by atoms with van der Waals surface area (Å²) in [5.41, 5.74) is 2.30. The Morgan fingerprint density at radius 2 is 2.17 bits per heavy atom. The van der Waals surface area contributed by atoms with Crippen molar-refractivity contribution in [3.8, 4) is 5.75 Å². The van der Waals surface area contributed by atoms with Crippen molar-refractivity contribution in [3.05, 3.63) is 59.9 Å². The molecule has 0 saturated carbocycles. The summed E-state index contributed by atoms with van der Waals surface area (Å²) in [6.45, 7) is 3.48. The third-order valence-electron chi connectivity index (χ3n) is 4.07. The van der Waals surface area contributed by atoms with Crippen LogP contribution in [0.15, 0.2) is 43.0 Å². The minimum absolute atomic E-state index is 0.184. The maximum atomic E-state index is 5.48. The molecule has 1 N–H and O–H groups in total. The second kappa shape index (κ2) is 7.27. The largest absolute Gasteiger partial charge is 0.496 e. The molecule has 0 aliphatic heterocycles. The van der Waals surface area contributed by atoms with E-state index in [1.807, 2.05) is 30.1 Å². The van der Waals surface area contributed by atoms with Crippen molar-refractivity contribution >= 4 is 0 Å². The molecule has 7 nitrogen and oxygen atoms in total. The van der Waals surface area contributed by atoms with Crippen LogP contribution in [-0.2, 0) is 20.1 Å². The van der Waals surface area contributed by atoms with E-state index in [4.69, 9.17) is 4.74 Å². The number of benzene rings is 1. The van der Waals surface area contributed by atoms with Crippen LogP contribution >= 0.6 is 0 Å². The highest BCUT2D eigenvalue weighted by molar-refractivity contribution is 5.38. The van der Waals surface area contributed by atoms with Crippen molar-refractivity contribution in [1.82, 2.24) is 29.9 Å². The van der Waals surface area contributed by atoms with E-state index in [0.717, 1.165) is 17.1 Å². The van der Waals surface area contributed by atoms with Crippen molar-refractivity contribution < 1.29 is 4.74 Å². The molecule has 0 bridgehead atoms. The van der Waals surface area contributed by atoms with Gasteiger partial charge < -0.3 is 10.1 Å². The summed E-state index contributed by atoms with van der Waals surface area (Å²) in [6.07, 6.45) is 5.29. The molecule has 0 aliphatic carbocycles. The Balaban J connectivity index is 1.73. The molecule has 7 heteroatoms. The van der Waals surface area contributed by atoms with E-state index in [9.17, 15) is 0 Å². The van der Waals surface area contributed by atoms with Crippen LogP contribution in [0.4, 0.5) is 0 Å². The fourth-order valence-electron chi connectivity index (χ4n) is 2.60. The van der Waals surface area contributed by atoms with Crippen LogP contribution in [0, 0.1) is 0 Å². The molecule has 0 fully saturated rings. The summed E-state index contributed by atoms with van der Waals surface area (Å²) in [4.78, 5) is 4.23. The van der Waals surface area contributed by atoms with Gasteiger partial charge in [0.25, 0.3) is 0 Å². The number of methoxy groups -OCH3 is 1. The summed E-state index contributed by atoms with van der Waals surface area (Å²) in [5.74, 6) is 1.78. The SMILES string of the molecule is COc1ccc(C(C)NCc2ncnn2C)cc1Cn1cccn1. The highest BCUT2D eigenvalue weighted by Gasteiger charge is 2.11. The van der Waals surface area contributed by atoms with Gasteiger partial charge in [0.1, 0.15) is 17.9 Å². The van der Waals surface area contributed by atoms with Gasteiger partial charge in [-0.3, -0.25) is 9.36 Å². The van der Waals surface area contributed by atoms with Crippen LogP contribution < -0.4 is 10.1 Å². The summed E-state index contributed by atoms with van der Waals surface area (Å²) >= 11 is 0. The minimum atomic E-state index is 0.184. The lowest BCUT2D eigenvalue weighted by Gasteiger charge is -2.17. The van der Waals surface area contributed by atoms with Gasteiger partial charge in [-0.25, -0.2) is 4.98 Å². The maximum Gasteiger partial charge on any atom is 0.140 e. The molecule has 2 aromatic heterocycles. The molecule has 0 amide bonds. The Labute approximate surface area is 141 Å². The second-order valence-electron chi connectivity index (χ2n) is 5.68. The lowest BCUT2D eigenvalue weighted by molar-refractivity contribution is 0.406. The molecule has 24 heavy (non-hydrogen) atoms. The van der Waals surface area contributed by atoms with E-state index in [1.165, 1.54) is 5.56 Å². The Bertz CT molecular complexity index is 780. The first kappa shape index (κ1) is 16.2. The topological polar surface area (TPSA) is 69.8 Å². The molecular formula is C17H22N6O. The second-order valence-corrected chi connectivity index (χ2v) is 5.68. The number of rotatable bonds is 7. The van der Waals surface area contributed by atoms with Crippen molar-refractivity contribution in [2.24, 2.45) is 7.05 Å². The maximum absolute atomic E-state index is 5.48. The molecule has 0 radical (unpaired) electrons. The first-order valence-electron chi connectivity index (χ1n) is 7.88. The van der Waals surface area contributed by atoms with E-state index in [-0.39, 0.29) is 6.04 Å². The molecule has 3 rings (SSSR count). The van der Waals surface area contributed by atoms with Crippen molar-refractivity contribution in [1.29, 1.82) is 0 Å². The van der Waals surface area contributed by atoms with Gasteiger partial charge in [0, 0.05) is 31.0 Å². The predicted octanol–water partition coefficient (Wildman–Crippen LogP) is 1.92. The van der Waals surface area contributed by atoms with E-state index in [1.54, 1.807) is 24.3 Å². The van der Waals surface area contributed by atoms with Crippen LogP contribution in [0.2, 0.25) is 0 Å². The van der Waals surface area contributed by atoms with Gasteiger partial charge in [0.2, 0.25) is 0 Å². The lowest BCUT2D eigenvalue weighted by atomic mass is 10.0. The zero-order chi connectivity index (χ0) is 16.9. The van der Waals surface area contributed by atoms with E-state index < -0.39 is 0 Å². The molecule has 1 unspecified atom stereocenters. The third kappa shape index (κ3) is 3.62. The number of hydrogen-bond donors (Lipinski definition) is 1. The fraction of sp³-hybridized carbons (Fsp3) is 0.353. The average Bonchev–Trinajstić information content (AvgIpc) is 3.24.